The highest BCUT2D eigenvalue weighted by atomic mass is 19.1. The first-order chi connectivity index (χ1) is 15.3. The number of carbonyl (C=O) groups excluding carboxylic acids is 3. The molecule has 1 aromatic carbocycles. The summed E-state index contributed by atoms with van der Waals surface area (Å²) in [5.41, 5.74) is -0.493. The zero-order valence-electron chi connectivity index (χ0n) is 19.2. The lowest BCUT2D eigenvalue weighted by Crippen LogP contribution is -2.58. The molecule has 0 aromatic heterocycles. The molecular weight excluding hydrogens is 413 g/mol. The van der Waals surface area contributed by atoms with Gasteiger partial charge in [0, 0.05) is 33.0 Å². The Hall–Kier alpha value is -2.48. The maximum absolute atomic E-state index is 13.9. The van der Waals surface area contributed by atoms with Crippen LogP contribution < -0.4 is 5.32 Å². The maximum Gasteiger partial charge on any atom is 0.325 e. The summed E-state index contributed by atoms with van der Waals surface area (Å²) in [6, 6.07) is 5.70. The molecule has 2 heterocycles. The van der Waals surface area contributed by atoms with E-state index in [1.807, 2.05) is 4.90 Å². The summed E-state index contributed by atoms with van der Waals surface area (Å²) >= 11 is 0. The Kier molecular flexibility index (Phi) is 7.87. The third kappa shape index (κ3) is 5.11. The second kappa shape index (κ2) is 10.4. The van der Waals surface area contributed by atoms with Crippen LogP contribution >= 0.6 is 0 Å². The van der Waals surface area contributed by atoms with Crippen molar-refractivity contribution in [1.29, 1.82) is 0 Å². The molecule has 1 N–H and O–H groups in total. The van der Waals surface area contributed by atoms with Gasteiger partial charge in [-0.3, -0.25) is 14.5 Å². The Balaban J connectivity index is 1.81. The van der Waals surface area contributed by atoms with E-state index in [2.05, 4.69) is 19.2 Å². The number of piperidine rings is 1. The first-order valence-electron chi connectivity index (χ1n) is 11.5. The lowest BCUT2D eigenvalue weighted by atomic mass is 9.73. The molecular formula is C24H34FN3O4. The van der Waals surface area contributed by atoms with Crippen LogP contribution in [-0.2, 0) is 20.7 Å². The molecule has 0 spiro atoms. The van der Waals surface area contributed by atoms with Crippen molar-refractivity contribution in [3.63, 3.8) is 0 Å². The van der Waals surface area contributed by atoms with Gasteiger partial charge in [0.2, 0.25) is 5.91 Å². The Morgan fingerprint density at radius 1 is 1.31 bits per heavy atom. The van der Waals surface area contributed by atoms with Crippen molar-refractivity contribution in [3.05, 3.63) is 35.6 Å². The van der Waals surface area contributed by atoms with Gasteiger partial charge in [-0.05, 0) is 42.4 Å². The van der Waals surface area contributed by atoms with Gasteiger partial charge in [0.05, 0.1) is 13.2 Å². The molecule has 0 bridgehead atoms. The van der Waals surface area contributed by atoms with Crippen LogP contribution in [0.1, 0.15) is 45.1 Å². The van der Waals surface area contributed by atoms with Gasteiger partial charge >= 0.3 is 6.03 Å². The van der Waals surface area contributed by atoms with Crippen molar-refractivity contribution in [2.45, 2.75) is 51.5 Å². The van der Waals surface area contributed by atoms with Crippen molar-refractivity contribution in [1.82, 2.24) is 15.1 Å². The minimum atomic E-state index is -1.15. The number of benzene rings is 1. The standard InChI is InChI=1S/C24H34FN3O4/c1-4-17(2)14-21(29)27-10-8-19(9-11-27)24(16-18-6-5-7-20(25)15-18)22(30)28(12-13-32-3)23(31)26-24/h5-7,15,17,19H,4,8-14,16H2,1-3H3,(H,26,31)/t17-,24-/m1/s1. The number of amides is 4. The second-order valence-electron chi connectivity index (χ2n) is 9.03. The number of carbonyl (C=O) groups is 3. The number of hydrogen-bond acceptors (Lipinski definition) is 4. The summed E-state index contributed by atoms with van der Waals surface area (Å²) in [5.74, 6) is -0.350. The van der Waals surface area contributed by atoms with E-state index in [-0.39, 0.29) is 43.1 Å². The molecule has 8 heteroatoms. The largest absolute Gasteiger partial charge is 0.383 e. The smallest absolute Gasteiger partial charge is 0.325 e. The van der Waals surface area contributed by atoms with Gasteiger partial charge in [0.1, 0.15) is 11.4 Å². The monoisotopic (exact) mass is 447 g/mol. The van der Waals surface area contributed by atoms with E-state index < -0.39 is 11.6 Å². The average Bonchev–Trinajstić information content (AvgIpc) is 3.02. The number of halogens is 1. The number of hydrogen-bond donors (Lipinski definition) is 1. The molecule has 2 aliphatic heterocycles. The van der Waals surface area contributed by atoms with Crippen LogP contribution in [-0.4, -0.2) is 66.5 Å². The third-order valence-electron chi connectivity index (χ3n) is 6.86. The van der Waals surface area contributed by atoms with Crippen LogP contribution in [0, 0.1) is 17.7 Å². The average molecular weight is 448 g/mol. The number of methoxy groups -OCH3 is 1. The van der Waals surface area contributed by atoms with E-state index in [0.29, 0.717) is 43.8 Å². The highest BCUT2D eigenvalue weighted by Crippen LogP contribution is 2.37. The van der Waals surface area contributed by atoms with E-state index in [9.17, 15) is 18.8 Å². The number of urea groups is 1. The molecule has 2 fully saturated rings. The van der Waals surface area contributed by atoms with Crippen LogP contribution in [0.2, 0.25) is 0 Å². The van der Waals surface area contributed by atoms with Crippen LogP contribution in [0.25, 0.3) is 0 Å². The van der Waals surface area contributed by atoms with Crippen molar-refractivity contribution in [2.24, 2.45) is 11.8 Å². The number of nitrogens with one attached hydrogen (secondary N) is 1. The molecule has 0 unspecified atom stereocenters. The first-order valence-corrected chi connectivity index (χ1v) is 11.5. The molecule has 3 rings (SSSR count). The van der Waals surface area contributed by atoms with Gasteiger partial charge in [-0.25, -0.2) is 9.18 Å². The fourth-order valence-corrected chi connectivity index (χ4v) is 4.73. The molecule has 176 valence electrons. The summed E-state index contributed by atoms with van der Waals surface area (Å²) in [7, 11) is 1.52. The maximum atomic E-state index is 13.9. The van der Waals surface area contributed by atoms with Crippen molar-refractivity contribution < 1.29 is 23.5 Å². The minimum absolute atomic E-state index is 0.139. The predicted molar refractivity (Wildman–Crippen MR) is 118 cm³/mol. The van der Waals surface area contributed by atoms with Gasteiger partial charge in [-0.1, -0.05) is 32.4 Å². The Bertz CT molecular complexity index is 840. The fraction of sp³-hybridized carbons (Fsp3) is 0.625. The van der Waals surface area contributed by atoms with Gasteiger partial charge in [-0.15, -0.1) is 0 Å². The number of imide groups is 1. The van der Waals surface area contributed by atoms with Crippen LogP contribution in [0.4, 0.5) is 9.18 Å². The number of ether oxygens (including phenoxy) is 1. The molecule has 0 saturated carbocycles. The first kappa shape index (κ1) is 24.2. The summed E-state index contributed by atoms with van der Waals surface area (Å²) < 4.78 is 18.9. The Labute approximate surface area is 189 Å². The molecule has 1 aromatic rings. The second-order valence-corrected chi connectivity index (χ2v) is 9.03. The molecule has 32 heavy (non-hydrogen) atoms. The quantitative estimate of drug-likeness (QED) is 0.591. The zero-order valence-corrected chi connectivity index (χ0v) is 19.2. The molecule has 0 radical (unpaired) electrons. The van der Waals surface area contributed by atoms with Crippen LogP contribution in [0.3, 0.4) is 0 Å². The summed E-state index contributed by atoms with van der Waals surface area (Å²) in [5, 5.41) is 2.96. The predicted octanol–water partition coefficient (Wildman–Crippen LogP) is 2.98. The SMILES string of the molecule is CC[C@@H](C)CC(=O)N1CCC([C@@]2(Cc3cccc(F)c3)NC(=O)N(CCOC)C2=O)CC1. The normalized spacial score (nSPS) is 22.9. The van der Waals surface area contributed by atoms with Gasteiger partial charge in [0.25, 0.3) is 5.91 Å². The molecule has 0 aliphatic carbocycles. The minimum Gasteiger partial charge on any atom is -0.383 e. The van der Waals surface area contributed by atoms with Crippen LogP contribution in [0.15, 0.2) is 24.3 Å². The van der Waals surface area contributed by atoms with Gasteiger partial charge < -0.3 is 15.0 Å². The molecule has 2 atom stereocenters. The van der Waals surface area contributed by atoms with Gasteiger partial charge in [-0.2, -0.15) is 0 Å². The summed E-state index contributed by atoms with van der Waals surface area (Å²) in [4.78, 5) is 42.0. The molecule has 7 nitrogen and oxygen atoms in total. The Morgan fingerprint density at radius 2 is 2.03 bits per heavy atom. The van der Waals surface area contributed by atoms with Crippen molar-refractivity contribution >= 4 is 17.8 Å². The highest BCUT2D eigenvalue weighted by molar-refractivity contribution is 6.07. The van der Waals surface area contributed by atoms with Crippen molar-refractivity contribution in [3.8, 4) is 0 Å². The zero-order chi connectivity index (χ0) is 23.3. The Morgan fingerprint density at radius 3 is 2.66 bits per heavy atom. The molecule has 4 amide bonds. The number of likely N-dealkylation sites (tertiary alicyclic amines) is 1. The molecule has 2 saturated heterocycles. The third-order valence-corrected chi connectivity index (χ3v) is 6.86. The van der Waals surface area contributed by atoms with E-state index >= 15 is 0 Å². The van der Waals surface area contributed by atoms with Crippen LogP contribution in [0.5, 0.6) is 0 Å². The highest BCUT2D eigenvalue weighted by Gasteiger charge is 2.55. The lowest BCUT2D eigenvalue weighted by Gasteiger charge is -2.41. The topological polar surface area (TPSA) is 79.0 Å². The van der Waals surface area contributed by atoms with E-state index in [0.717, 1.165) is 6.42 Å². The summed E-state index contributed by atoms with van der Waals surface area (Å²) in [6.07, 6.45) is 2.90. The summed E-state index contributed by atoms with van der Waals surface area (Å²) in [6.45, 7) is 5.65. The van der Waals surface area contributed by atoms with E-state index in [4.69, 9.17) is 4.74 Å². The fourth-order valence-electron chi connectivity index (χ4n) is 4.73. The van der Waals surface area contributed by atoms with Crippen molar-refractivity contribution in [2.75, 3.05) is 33.4 Å². The van der Waals surface area contributed by atoms with E-state index in [1.54, 1.807) is 12.1 Å². The lowest BCUT2D eigenvalue weighted by molar-refractivity contribution is -0.136. The number of nitrogens with zero attached hydrogens (tertiary/aromatic N) is 2. The number of rotatable bonds is 9. The molecule has 2 aliphatic rings. The van der Waals surface area contributed by atoms with E-state index in [1.165, 1.54) is 24.1 Å². The van der Waals surface area contributed by atoms with Gasteiger partial charge in [0.15, 0.2) is 0 Å².